The molecule has 2 atom stereocenters. The summed E-state index contributed by atoms with van der Waals surface area (Å²) in [5, 5.41) is 0. The summed E-state index contributed by atoms with van der Waals surface area (Å²) in [6.07, 6.45) is 4.10. The molecule has 5 nitrogen and oxygen atoms in total. The van der Waals surface area contributed by atoms with E-state index in [4.69, 9.17) is 14.2 Å². The minimum Gasteiger partial charge on any atom is -0.466 e. The van der Waals surface area contributed by atoms with Gasteiger partial charge in [0, 0.05) is 6.42 Å². The molecule has 0 spiro atoms. The molecule has 1 heterocycles. The second-order valence-electron chi connectivity index (χ2n) is 5.79. The molecule has 0 aliphatic carbocycles. The van der Waals surface area contributed by atoms with Crippen molar-refractivity contribution in [1.29, 1.82) is 0 Å². The predicted molar refractivity (Wildman–Crippen MR) is 74.1 cm³/mol. The monoisotopic (exact) mass is 284 g/mol. The van der Waals surface area contributed by atoms with Crippen LogP contribution in [0.25, 0.3) is 0 Å². The van der Waals surface area contributed by atoms with E-state index in [2.05, 4.69) is 0 Å². The average molecular weight is 284 g/mol. The van der Waals surface area contributed by atoms with E-state index >= 15 is 0 Å². The highest BCUT2D eigenvalue weighted by Gasteiger charge is 2.27. The summed E-state index contributed by atoms with van der Waals surface area (Å²) in [5.41, 5.74) is -0.519. The van der Waals surface area contributed by atoms with Crippen LogP contribution in [0.5, 0.6) is 0 Å². The Hall–Kier alpha value is -1.36. The molecule has 0 bridgehead atoms. The summed E-state index contributed by atoms with van der Waals surface area (Å²) >= 11 is 0. The molecule has 1 unspecified atom stereocenters. The lowest BCUT2D eigenvalue weighted by molar-refractivity contribution is -0.160. The van der Waals surface area contributed by atoms with Gasteiger partial charge >= 0.3 is 11.9 Å². The van der Waals surface area contributed by atoms with E-state index in [1.807, 2.05) is 32.9 Å². The van der Waals surface area contributed by atoms with Crippen LogP contribution in [0.1, 0.15) is 40.5 Å². The molecule has 0 amide bonds. The highest BCUT2D eigenvalue weighted by molar-refractivity contribution is 5.75. The molecule has 1 aliphatic heterocycles. The van der Waals surface area contributed by atoms with Gasteiger partial charge in [-0.3, -0.25) is 9.59 Å². The first-order valence-corrected chi connectivity index (χ1v) is 6.99. The lowest BCUT2D eigenvalue weighted by Gasteiger charge is -2.26. The summed E-state index contributed by atoms with van der Waals surface area (Å²) in [4.78, 5) is 23.0. The zero-order valence-electron chi connectivity index (χ0n) is 12.7. The van der Waals surface area contributed by atoms with E-state index in [9.17, 15) is 9.59 Å². The van der Waals surface area contributed by atoms with E-state index in [1.54, 1.807) is 6.92 Å². The summed E-state index contributed by atoms with van der Waals surface area (Å²) in [6.45, 7) is 7.93. The summed E-state index contributed by atoms with van der Waals surface area (Å²) < 4.78 is 15.7. The molecule has 1 rings (SSSR count). The topological polar surface area (TPSA) is 61.8 Å². The fraction of sp³-hybridized carbons (Fsp3) is 0.733. The van der Waals surface area contributed by atoms with Crippen molar-refractivity contribution in [2.24, 2.45) is 5.41 Å². The Labute approximate surface area is 120 Å². The lowest BCUT2D eigenvalue weighted by atomic mass is 9.97. The molecular formula is C15H24O5. The summed E-state index contributed by atoms with van der Waals surface area (Å²) in [5.74, 6) is -0.466. The third-order valence-electron chi connectivity index (χ3n) is 2.82. The maximum Gasteiger partial charge on any atom is 0.311 e. The van der Waals surface area contributed by atoms with Crippen LogP contribution in [0.15, 0.2) is 12.2 Å². The van der Waals surface area contributed by atoms with Crippen LogP contribution in [-0.2, 0) is 23.8 Å². The van der Waals surface area contributed by atoms with Crippen molar-refractivity contribution in [2.75, 3.05) is 13.2 Å². The third-order valence-corrected chi connectivity index (χ3v) is 2.82. The Balaban J connectivity index is 2.34. The molecule has 0 fully saturated rings. The molecule has 0 aromatic rings. The number of hydrogen-bond donors (Lipinski definition) is 0. The SMILES string of the molecule is CCOC(=O)CCC1C=C[C@H](OC(=O)C(C)(C)C)CO1. The molecule has 114 valence electrons. The van der Waals surface area contributed by atoms with E-state index in [1.165, 1.54) is 0 Å². The number of ether oxygens (including phenoxy) is 3. The standard InChI is InChI=1S/C15H24O5/c1-5-18-13(16)9-8-11-6-7-12(10-19-11)20-14(17)15(2,3)4/h6-7,11-12H,5,8-10H2,1-4H3/t11?,12-/m0/s1. The second-order valence-corrected chi connectivity index (χ2v) is 5.79. The van der Waals surface area contributed by atoms with Crippen LogP contribution in [0.3, 0.4) is 0 Å². The largest absolute Gasteiger partial charge is 0.466 e. The zero-order valence-corrected chi connectivity index (χ0v) is 12.7. The van der Waals surface area contributed by atoms with E-state index < -0.39 is 5.41 Å². The first-order chi connectivity index (χ1) is 9.32. The van der Waals surface area contributed by atoms with Crippen molar-refractivity contribution in [1.82, 2.24) is 0 Å². The molecule has 0 saturated carbocycles. The Kier molecular flexibility index (Phi) is 6.20. The van der Waals surface area contributed by atoms with Gasteiger partial charge in [0.1, 0.15) is 6.10 Å². The van der Waals surface area contributed by atoms with Gasteiger partial charge in [-0.1, -0.05) is 6.08 Å². The highest BCUT2D eigenvalue weighted by atomic mass is 16.6. The van der Waals surface area contributed by atoms with E-state index in [0.717, 1.165) is 0 Å². The Morgan fingerprint density at radius 1 is 1.30 bits per heavy atom. The van der Waals surface area contributed by atoms with Crippen molar-refractivity contribution in [2.45, 2.75) is 52.7 Å². The number of carbonyl (C=O) groups is 2. The van der Waals surface area contributed by atoms with E-state index in [-0.39, 0.29) is 24.1 Å². The van der Waals surface area contributed by atoms with Crippen molar-refractivity contribution in [3.05, 3.63) is 12.2 Å². The molecule has 1 aliphatic rings. The van der Waals surface area contributed by atoms with Gasteiger partial charge in [-0.15, -0.1) is 0 Å². The van der Waals surface area contributed by atoms with Crippen LogP contribution < -0.4 is 0 Å². The Morgan fingerprint density at radius 3 is 2.50 bits per heavy atom. The van der Waals surface area contributed by atoms with Crippen LogP contribution in [0.4, 0.5) is 0 Å². The molecular weight excluding hydrogens is 260 g/mol. The van der Waals surface area contributed by atoms with Gasteiger partial charge in [0.2, 0.25) is 0 Å². The lowest BCUT2D eigenvalue weighted by Crippen LogP contribution is -2.33. The fourth-order valence-corrected chi connectivity index (χ4v) is 1.64. The highest BCUT2D eigenvalue weighted by Crippen LogP contribution is 2.19. The Morgan fingerprint density at radius 2 is 2.00 bits per heavy atom. The van der Waals surface area contributed by atoms with Gasteiger partial charge in [0.15, 0.2) is 0 Å². The molecule has 20 heavy (non-hydrogen) atoms. The van der Waals surface area contributed by atoms with Crippen molar-refractivity contribution >= 4 is 11.9 Å². The van der Waals surface area contributed by atoms with Gasteiger partial charge < -0.3 is 14.2 Å². The normalized spacial score (nSPS) is 22.4. The molecule has 5 heteroatoms. The third kappa shape index (κ3) is 5.74. The van der Waals surface area contributed by atoms with Gasteiger partial charge in [0.05, 0.1) is 24.7 Å². The number of esters is 2. The fourth-order valence-electron chi connectivity index (χ4n) is 1.64. The first kappa shape index (κ1) is 16.7. The van der Waals surface area contributed by atoms with Gasteiger partial charge in [-0.25, -0.2) is 0 Å². The van der Waals surface area contributed by atoms with Gasteiger partial charge in [0.25, 0.3) is 0 Å². The number of carbonyl (C=O) groups excluding carboxylic acids is 2. The first-order valence-electron chi connectivity index (χ1n) is 6.99. The zero-order chi connectivity index (χ0) is 15.2. The molecule has 0 aromatic heterocycles. The quantitative estimate of drug-likeness (QED) is 0.572. The van der Waals surface area contributed by atoms with Crippen LogP contribution in [0.2, 0.25) is 0 Å². The smallest absolute Gasteiger partial charge is 0.311 e. The maximum atomic E-state index is 11.7. The van der Waals surface area contributed by atoms with Crippen molar-refractivity contribution in [3.8, 4) is 0 Å². The minimum atomic E-state index is -0.519. The minimum absolute atomic E-state index is 0.121. The molecule has 0 saturated heterocycles. The van der Waals surface area contributed by atoms with E-state index in [0.29, 0.717) is 26.1 Å². The van der Waals surface area contributed by atoms with Crippen LogP contribution in [-0.4, -0.2) is 37.4 Å². The Bertz CT molecular complexity index is 367. The van der Waals surface area contributed by atoms with Crippen LogP contribution in [0, 0.1) is 5.41 Å². The number of hydrogen-bond acceptors (Lipinski definition) is 5. The molecule has 0 aromatic carbocycles. The predicted octanol–water partition coefficient (Wildman–Crippen LogP) is 2.24. The summed E-state index contributed by atoms with van der Waals surface area (Å²) in [6, 6.07) is 0. The van der Waals surface area contributed by atoms with Crippen LogP contribution >= 0.6 is 0 Å². The molecule has 0 N–H and O–H groups in total. The maximum absolute atomic E-state index is 11.7. The molecule has 0 radical (unpaired) electrons. The second kappa shape index (κ2) is 7.43. The number of rotatable bonds is 5. The summed E-state index contributed by atoms with van der Waals surface area (Å²) in [7, 11) is 0. The van der Waals surface area contributed by atoms with Gasteiger partial charge in [-0.05, 0) is 40.2 Å². The van der Waals surface area contributed by atoms with Crippen molar-refractivity contribution < 1.29 is 23.8 Å². The average Bonchev–Trinajstić information content (AvgIpc) is 2.37. The van der Waals surface area contributed by atoms with Crippen molar-refractivity contribution in [3.63, 3.8) is 0 Å². The van der Waals surface area contributed by atoms with Gasteiger partial charge in [-0.2, -0.15) is 0 Å².